The largest absolute Gasteiger partial charge is 0.478 e. The molecule has 6 nitrogen and oxygen atoms in total. The number of nitrogens with one attached hydrogen (secondary N) is 1. The highest BCUT2D eigenvalue weighted by Gasteiger charge is 2.24. The van der Waals surface area contributed by atoms with Crippen LogP contribution >= 0.6 is 0 Å². The lowest BCUT2D eigenvalue weighted by atomic mass is 10.1. The Labute approximate surface area is 116 Å². The molecule has 0 radical (unpaired) electrons. The van der Waals surface area contributed by atoms with Crippen molar-refractivity contribution < 1.29 is 27.8 Å². The fraction of sp³-hybridized carbons (Fsp3) is 0.417. The Morgan fingerprint density at radius 3 is 2.50 bits per heavy atom. The highest BCUT2D eigenvalue weighted by atomic mass is 32.2. The maximum absolute atomic E-state index is 13.6. The third-order valence-electron chi connectivity index (χ3n) is 2.95. The van der Waals surface area contributed by atoms with E-state index in [2.05, 4.69) is 4.72 Å². The van der Waals surface area contributed by atoms with E-state index in [0.29, 0.717) is 0 Å². The van der Waals surface area contributed by atoms with Crippen molar-refractivity contribution >= 4 is 16.0 Å². The summed E-state index contributed by atoms with van der Waals surface area (Å²) in [7, 11) is -4.20. The Morgan fingerprint density at radius 2 is 2.00 bits per heavy atom. The molecule has 0 aliphatic carbocycles. The molecular formula is C12H16FNO5S. The van der Waals surface area contributed by atoms with Crippen molar-refractivity contribution in [1.82, 2.24) is 4.72 Å². The first-order valence-corrected chi connectivity index (χ1v) is 7.33. The van der Waals surface area contributed by atoms with Crippen LogP contribution in [0.2, 0.25) is 0 Å². The Bertz CT molecular complexity index is 602. The van der Waals surface area contributed by atoms with Crippen molar-refractivity contribution in [3.63, 3.8) is 0 Å². The van der Waals surface area contributed by atoms with Crippen LogP contribution in [0.3, 0.4) is 0 Å². The van der Waals surface area contributed by atoms with Crippen LogP contribution < -0.4 is 4.72 Å². The van der Waals surface area contributed by atoms with Gasteiger partial charge in [-0.2, -0.15) is 0 Å². The number of halogens is 1. The predicted octanol–water partition coefficient (Wildman–Crippen LogP) is 0.819. The zero-order chi connectivity index (χ0) is 15.5. The van der Waals surface area contributed by atoms with Gasteiger partial charge in [0, 0.05) is 12.6 Å². The first-order chi connectivity index (χ1) is 9.19. The van der Waals surface area contributed by atoms with Crippen molar-refractivity contribution in [2.75, 3.05) is 6.61 Å². The van der Waals surface area contributed by atoms with E-state index in [4.69, 9.17) is 10.2 Å². The number of aromatic carboxylic acids is 1. The molecule has 1 aromatic rings. The summed E-state index contributed by atoms with van der Waals surface area (Å²) >= 11 is 0. The lowest BCUT2D eigenvalue weighted by Crippen LogP contribution is -2.38. The molecule has 1 rings (SSSR count). The zero-order valence-corrected chi connectivity index (χ0v) is 11.8. The number of carbonyl (C=O) groups is 1. The number of benzene rings is 1. The molecule has 1 aromatic carbocycles. The number of carboxylic acids is 1. The molecule has 2 atom stereocenters. The number of aliphatic hydroxyl groups excluding tert-OH is 1. The molecule has 20 heavy (non-hydrogen) atoms. The molecular weight excluding hydrogens is 289 g/mol. The van der Waals surface area contributed by atoms with Gasteiger partial charge in [-0.3, -0.25) is 0 Å². The maximum Gasteiger partial charge on any atom is 0.335 e. The van der Waals surface area contributed by atoms with Gasteiger partial charge in [0.2, 0.25) is 10.0 Å². The van der Waals surface area contributed by atoms with E-state index in [0.717, 1.165) is 18.2 Å². The van der Waals surface area contributed by atoms with Crippen LogP contribution in [0.15, 0.2) is 23.1 Å². The van der Waals surface area contributed by atoms with Crippen molar-refractivity contribution in [3.8, 4) is 0 Å². The Kier molecular flexibility index (Phi) is 5.21. The lowest BCUT2D eigenvalue weighted by Gasteiger charge is -2.19. The maximum atomic E-state index is 13.6. The topological polar surface area (TPSA) is 104 Å². The number of aliphatic hydroxyl groups is 1. The summed E-state index contributed by atoms with van der Waals surface area (Å²) in [6, 6.07) is 1.91. The molecule has 0 aliphatic heterocycles. The molecule has 3 N–H and O–H groups in total. The average Bonchev–Trinajstić information content (AvgIpc) is 2.37. The van der Waals surface area contributed by atoms with Crippen molar-refractivity contribution in [2.45, 2.75) is 24.8 Å². The Hall–Kier alpha value is -1.51. The van der Waals surface area contributed by atoms with Crippen LogP contribution in [0.25, 0.3) is 0 Å². The third kappa shape index (κ3) is 3.75. The van der Waals surface area contributed by atoms with Gasteiger partial charge >= 0.3 is 5.97 Å². The van der Waals surface area contributed by atoms with Gasteiger partial charge in [-0.25, -0.2) is 22.3 Å². The second kappa shape index (κ2) is 6.29. The van der Waals surface area contributed by atoms with Gasteiger partial charge < -0.3 is 10.2 Å². The van der Waals surface area contributed by atoms with Gasteiger partial charge in [-0.15, -0.1) is 0 Å². The smallest absolute Gasteiger partial charge is 0.335 e. The first-order valence-electron chi connectivity index (χ1n) is 5.85. The SMILES string of the molecule is CC(CO)C(C)NS(=O)(=O)c1cc(C(=O)O)ccc1F. The molecule has 0 saturated carbocycles. The van der Waals surface area contributed by atoms with E-state index >= 15 is 0 Å². The van der Waals surface area contributed by atoms with Crippen molar-refractivity contribution in [2.24, 2.45) is 5.92 Å². The van der Waals surface area contributed by atoms with Crippen molar-refractivity contribution in [3.05, 3.63) is 29.6 Å². The van der Waals surface area contributed by atoms with E-state index in [1.807, 2.05) is 0 Å². The average molecular weight is 305 g/mol. The summed E-state index contributed by atoms with van der Waals surface area (Å²) in [5, 5.41) is 17.8. The minimum Gasteiger partial charge on any atom is -0.478 e. The van der Waals surface area contributed by atoms with Crippen LogP contribution in [0.4, 0.5) is 4.39 Å². The van der Waals surface area contributed by atoms with Crippen LogP contribution in [-0.4, -0.2) is 37.2 Å². The third-order valence-corrected chi connectivity index (χ3v) is 4.52. The minimum absolute atomic E-state index is 0.235. The van der Waals surface area contributed by atoms with E-state index in [1.54, 1.807) is 6.92 Å². The molecule has 0 spiro atoms. The highest BCUT2D eigenvalue weighted by molar-refractivity contribution is 7.89. The van der Waals surface area contributed by atoms with Crippen LogP contribution in [0.1, 0.15) is 24.2 Å². The fourth-order valence-corrected chi connectivity index (χ4v) is 2.88. The monoisotopic (exact) mass is 305 g/mol. The van der Waals surface area contributed by atoms with Gasteiger partial charge in [-0.1, -0.05) is 6.92 Å². The van der Waals surface area contributed by atoms with E-state index in [1.165, 1.54) is 6.92 Å². The molecule has 0 bridgehead atoms. The number of hydrogen-bond acceptors (Lipinski definition) is 4. The van der Waals surface area contributed by atoms with Crippen LogP contribution in [0, 0.1) is 11.7 Å². The van der Waals surface area contributed by atoms with Gasteiger partial charge in [0.1, 0.15) is 10.7 Å². The summed E-state index contributed by atoms with van der Waals surface area (Å²) in [5.41, 5.74) is -0.324. The van der Waals surface area contributed by atoms with Gasteiger partial charge in [0.25, 0.3) is 0 Å². The molecule has 0 aromatic heterocycles. The predicted molar refractivity (Wildman–Crippen MR) is 69.4 cm³/mol. The first kappa shape index (κ1) is 16.5. The lowest BCUT2D eigenvalue weighted by molar-refractivity contribution is 0.0696. The molecule has 8 heteroatoms. The highest BCUT2D eigenvalue weighted by Crippen LogP contribution is 2.18. The number of sulfonamides is 1. The fourth-order valence-electron chi connectivity index (χ4n) is 1.42. The zero-order valence-electron chi connectivity index (χ0n) is 11.0. The van der Waals surface area contributed by atoms with Gasteiger partial charge in [0.15, 0.2) is 0 Å². The molecule has 112 valence electrons. The molecule has 0 aliphatic rings. The van der Waals surface area contributed by atoms with Crippen molar-refractivity contribution in [1.29, 1.82) is 0 Å². The minimum atomic E-state index is -4.20. The Balaban J connectivity index is 3.15. The standard InChI is InChI=1S/C12H16FNO5S/c1-7(6-15)8(2)14-20(18,19)11-5-9(12(16)17)3-4-10(11)13/h3-5,7-8,14-15H,6H2,1-2H3,(H,16,17). The van der Waals surface area contributed by atoms with Gasteiger partial charge in [0.05, 0.1) is 5.56 Å². The second-order valence-electron chi connectivity index (χ2n) is 4.52. The number of hydrogen-bond donors (Lipinski definition) is 3. The number of rotatable bonds is 6. The molecule has 0 fully saturated rings. The summed E-state index contributed by atoms with van der Waals surface area (Å²) in [4.78, 5) is 10.1. The summed E-state index contributed by atoms with van der Waals surface area (Å²) < 4.78 is 39.9. The molecule has 2 unspecified atom stereocenters. The van der Waals surface area contributed by atoms with E-state index in [-0.39, 0.29) is 18.1 Å². The molecule has 0 saturated heterocycles. The van der Waals surface area contributed by atoms with E-state index < -0.39 is 32.7 Å². The Morgan fingerprint density at radius 1 is 1.40 bits per heavy atom. The van der Waals surface area contributed by atoms with Gasteiger partial charge in [-0.05, 0) is 31.0 Å². The summed E-state index contributed by atoms with van der Waals surface area (Å²) in [5.74, 6) is -2.75. The molecule has 0 heterocycles. The quantitative estimate of drug-likeness (QED) is 0.722. The normalized spacial score (nSPS) is 14.8. The second-order valence-corrected chi connectivity index (χ2v) is 6.20. The van der Waals surface area contributed by atoms with Crippen LogP contribution in [-0.2, 0) is 10.0 Å². The number of carboxylic acid groups (broad SMARTS) is 1. The summed E-state index contributed by atoms with van der Waals surface area (Å²) in [6.07, 6.45) is 0. The molecule has 0 amide bonds. The summed E-state index contributed by atoms with van der Waals surface area (Å²) in [6.45, 7) is 2.91. The van der Waals surface area contributed by atoms with E-state index in [9.17, 15) is 17.6 Å². The van der Waals surface area contributed by atoms with Crippen LogP contribution in [0.5, 0.6) is 0 Å².